The first kappa shape index (κ1) is 22.1. The van der Waals surface area contributed by atoms with E-state index < -0.39 is 11.7 Å². The Bertz CT molecular complexity index is 1100. The lowest BCUT2D eigenvalue weighted by atomic mass is 10.2. The second-order valence-corrected chi connectivity index (χ2v) is 8.44. The number of amides is 1. The lowest BCUT2D eigenvalue weighted by Gasteiger charge is -2.36. The normalized spacial score (nSPS) is 14.7. The van der Waals surface area contributed by atoms with Crippen molar-refractivity contribution in [3.05, 3.63) is 42.1 Å². The van der Waals surface area contributed by atoms with E-state index in [-0.39, 0.29) is 12.5 Å². The molecule has 1 aromatic carbocycles. The summed E-state index contributed by atoms with van der Waals surface area (Å²) in [5, 5.41) is 0.727. The van der Waals surface area contributed by atoms with Crippen LogP contribution in [0.4, 0.5) is 24.1 Å². The van der Waals surface area contributed by atoms with E-state index in [1.807, 2.05) is 35.0 Å². The molecule has 11 heteroatoms. The highest BCUT2D eigenvalue weighted by Crippen LogP contribution is 2.33. The van der Waals surface area contributed by atoms with Crippen LogP contribution in [-0.4, -0.2) is 67.7 Å². The van der Waals surface area contributed by atoms with Gasteiger partial charge in [-0.3, -0.25) is 4.79 Å². The van der Waals surface area contributed by atoms with Crippen LogP contribution in [0, 0.1) is 0 Å². The van der Waals surface area contributed by atoms with Gasteiger partial charge in [0.1, 0.15) is 17.1 Å². The smallest absolute Gasteiger partial charge is 0.417 e. The maximum Gasteiger partial charge on any atom is 0.417 e. The summed E-state index contributed by atoms with van der Waals surface area (Å²) in [7, 11) is 3.42. The van der Waals surface area contributed by atoms with Crippen molar-refractivity contribution in [1.82, 2.24) is 14.9 Å². The zero-order valence-electron chi connectivity index (χ0n) is 17.6. The number of hydrogen-bond donors (Lipinski definition) is 0. The molecule has 1 amide bonds. The monoisotopic (exact) mass is 465 g/mol. The van der Waals surface area contributed by atoms with Crippen molar-refractivity contribution in [2.24, 2.45) is 0 Å². The Kier molecular flexibility index (Phi) is 6.09. The molecule has 3 heterocycles. The number of nitrogens with zero attached hydrogens (tertiary/aromatic N) is 5. The Hall–Kier alpha value is -3.08. The molecule has 1 saturated heterocycles. The van der Waals surface area contributed by atoms with Crippen molar-refractivity contribution in [2.45, 2.75) is 6.18 Å². The number of carbonyl (C=O) groups excluding carboxylic acids is 1. The molecular formula is C21H22F3N5O2S. The number of methoxy groups -OCH3 is 1. The molecule has 0 spiro atoms. The number of fused-ring (bicyclic) bond motifs is 1. The lowest BCUT2D eigenvalue weighted by molar-refractivity contribution is -0.137. The van der Waals surface area contributed by atoms with Gasteiger partial charge in [-0.2, -0.15) is 13.2 Å². The van der Waals surface area contributed by atoms with E-state index in [4.69, 9.17) is 4.74 Å². The summed E-state index contributed by atoms with van der Waals surface area (Å²) in [5.74, 6) is 1.14. The van der Waals surface area contributed by atoms with Crippen molar-refractivity contribution in [1.29, 1.82) is 0 Å². The third kappa shape index (κ3) is 4.57. The number of piperazine rings is 1. The van der Waals surface area contributed by atoms with Crippen LogP contribution >= 0.6 is 11.3 Å². The molecule has 32 heavy (non-hydrogen) atoms. The first-order valence-corrected chi connectivity index (χ1v) is 10.8. The van der Waals surface area contributed by atoms with Gasteiger partial charge in [0.25, 0.3) is 0 Å². The lowest BCUT2D eigenvalue weighted by Crippen LogP contribution is -2.51. The van der Waals surface area contributed by atoms with Gasteiger partial charge < -0.3 is 19.4 Å². The maximum atomic E-state index is 12.8. The second-order valence-electron chi connectivity index (χ2n) is 7.43. The number of rotatable bonds is 5. The number of aromatic nitrogens is 2. The highest BCUT2D eigenvalue weighted by Gasteiger charge is 2.31. The maximum absolute atomic E-state index is 12.8. The molecule has 0 saturated carbocycles. The highest BCUT2D eigenvalue weighted by molar-refractivity contribution is 7.22. The van der Waals surface area contributed by atoms with E-state index in [0.29, 0.717) is 37.7 Å². The summed E-state index contributed by atoms with van der Waals surface area (Å²) in [6.45, 7) is 2.14. The zero-order chi connectivity index (χ0) is 22.9. The molecule has 7 nitrogen and oxygen atoms in total. The molecule has 0 unspecified atom stereocenters. The van der Waals surface area contributed by atoms with Gasteiger partial charge in [0, 0.05) is 39.4 Å². The number of pyridine rings is 1. The van der Waals surface area contributed by atoms with Crippen LogP contribution in [0.3, 0.4) is 0 Å². The third-order valence-corrected chi connectivity index (χ3v) is 6.46. The molecule has 1 aliphatic heterocycles. The van der Waals surface area contributed by atoms with E-state index >= 15 is 0 Å². The number of likely N-dealkylation sites (N-methyl/N-ethyl adjacent to an activating group) is 1. The number of thiazole rings is 1. The van der Waals surface area contributed by atoms with Crippen LogP contribution in [0.5, 0.6) is 5.75 Å². The first-order valence-electron chi connectivity index (χ1n) is 9.97. The fourth-order valence-corrected chi connectivity index (χ4v) is 4.48. The predicted octanol–water partition coefficient (Wildman–Crippen LogP) is 3.50. The Balaban J connectivity index is 1.34. The molecule has 0 aliphatic carbocycles. The summed E-state index contributed by atoms with van der Waals surface area (Å²) in [5.41, 5.74) is -0.00229. The van der Waals surface area contributed by atoms with Gasteiger partial charge in [0.2, 0.25) is 5.91 Å². The van der Waals surface area contributed by atoms with Crippen molar-refractivity contribution in [2.75, 3.05) is 56.7 Å². The van der Waals surface area contributed by atoms with Crippen LogP contribution in [0.25, 0.3) is 10.2 Å². The minimum atomic E-state index is -4.41. The summed E-state index contributed by atoms with van der Waals surface area (Å²) in [6, 6.07) is 8.11. The van der Waals surface area contributed by atoms with E-state index in [0.717, 1.165) is 27.6 Å². The van der Waals surface area contributed by atoms with Crippen molar-refractivity contribution >= 4 is 38.4 Å². The van der Waals surface area contributed by atoms with Crippen LogP contribution in [0.2, 0.25) is 0 Å². The first-order chi connectivity index (χ1) is 15.3. The average Bonchev–Trinajstić information content (AvgIpc) is 3.23. The molecule has 0 radical (unpaired) electrons. The fraction of sp³-hybridized carbons (Fsp3) is 0.381. The summed E-state index contributed by atoms with van der Waals surface area (Å²) >= 11 is 1.49. The minimum Gasteiger partial charge on any atom is -0.494 e. The van der Waals surface area contributed by atoms with Gasteiger partial charge in [-0.25, -0.2) is 9.97 Å². The molecule has 0 bridgehead atoms. The number of halogens is 3. The number of anilines is 2. The predicted molar refractivity (Wildman–Crippen MR) is 117 cm³/mol. The topological polar surface area (TPSA) is 61.8 Å². The van der Waals surface area contributed by atoms with Crippen molar-refractivity contribution in [3.63, 3.8) is 0 Å². The number of alkyl halides is 3. The summed E-state index contributed by atoms with van der Waals surface area (Å²) in [6.07, 6.45) is -3.56. The van der Waals surface area contributed by atoms with Gasteiger partial charge in [0.05, 0.1) is 23.9 Å². The van der Waals surface area contributed by atoms with Gasteiger partial charge in [0.15, 0.2) is 5.13 Å². The van der Waals surface area contributed by atoms with Gasteiger partial charge in [-0.15, -0.1) is 0 Å². The molecule has 1 aliphatic rings. The Labute approximate surface area is 187 Å². The van der Waals surface area contributed by atoms with E-state index in [9.17, 15) is 18.0 Å². The summed E-state index contributed by atoms with van der Waals surface area (Å²) in [4.78, 5) is 26.8. The van der Waals surface area contributed by atoms with Gasteiger partial charge in [-0.1, -0.05) is 17.4 Å². The fourth-order valence-electron chi connectivity index (χ4n) is 3.54. The summed E-state index contributed by atoms with van der Waals surface area (Å²) < 4.78 is 44.5. The van der Waals surface area contributed by atoms with Gasteiger partial charge >= 0.3 is 6.18 Å². The SMILES string of the molecule is COc1cccc2sc(N(C)CC(=O)N3CCN(c4ccc(C(F)(F)F)cn4)CC3)nc12. The van der Waals surface area contributed by atoms with Crippen LogP contribution in [0.15, 0.2) is 36.5 Å². The number of carbonyl (C=O) groups is 1. The molecular weight excluding hydrogens is 443 g/mol. The molecule has 4 rings (SSSR count). The molecule has 2 aromatic heterocycles. The largest absolute Gasteiger partial charge is 0.494 e. The Morgan fingerprint density at radius 1 is 1.19 bits per heavy atom. The Morgan fingerprint density at radius 2 is 1.94 bits per heavy atom. The number of ether oxygens (including phenoxy) is 1. The van der Waals surface area contributed by atoms with Gasteiger partial charge in [-0.05, 0) is 24.3 Å². The third-order valence-electron chi connectivity index (χ3n) is 5.32. The van der Waals surface area contributed by atoms with E-state index in [1.165, 1.54) is 17.4 Å². The molecule has 0 atom stereocenters. The van der Waals surface area contributed by atoms with Crippen molar-refractivity contribution in [3.8, 4) is 5.75 Å². The highest BCUT2D eigenvalue weighted by atomic mass is 32.1. The molecule has 1 fully saturated rings. The molecule has 3 aromatic rings. The molecule has 0 N–H and O–H groups in total. The molecule has 170 valence electrons. The average molecular weight is 466 g/mol. The van der Waals surface area contributed by atoms with Crippen LogP contribution in [-0.2, 0) is 11.0 Å². The zero-order valence-corrected chi connectivity index (χ0v) is 18.4. The Morgan fingerprint density at radius 3 is 2.56 bits per heavy atom. The second kappa shape index (κ2) is 8.81. The van der Waals surface area contributed by atoms with Crippen LogP contribution in [0.1, 0.15) is 5.56 Å². The minimum absolute atomic E-state index is 0.0289. The number of hydrogen-bond acceptors (Lipinski definition) is 7. The standard InChI is InChI=1S/C21H22F3N5O2S/c1-27(20-26-19-15(31-2)4-3-5-16(19)32-20)13-18(30)29-10-8-28(9-11-29)17-7-6-14(12-25-17)21(22,23)24/h3-7,12H,8-11,13H2,1-2H3. The quantitative estimate of drug-likeness (QED) is 0.575. The van der Waals surface area contributed by atoms with Crippen molar-refractivity contribution < 1.29 is 22.7 Å². The van der Waals surface area contributed by atoms with E-state index in [1.54, 1.807) is 12.0 Å². The number of benzene rings is 1. The van der Waals surface area contributed by atoms with E-state index in [2.05, 4.69) is 9.97 Å². The number of para-hydroxylation sites is 1. The van der Waals surface area contributed by atoms with Crippen LogP contribution < -0.4 is 14.5 Å².